The van der Waals surface area contributed by atoms with Crippen molar-refractivity contribution < 1.29 is 8.42 Å². The van der Waals surface area contributed by atoms with Crippen LogP contribution in [0.5, 0.6) is 0 Å². The quantitative estimate of drug-likeness (QED) is 0.719. The summed E-state index contributed by atoms with van der Waals surface area (Å²) in [5, 5.41) is 8.62. The number of aryl methyl sites for hydroxylation is 1. The van der Waals surface area contributed by atoms with Gasteiger partial charge in [-0.3, -0.25) is 4.68 Å². The Labute approximate surface area is 77.8 Å². The molecule has 7 heteroatoms. The molecule has 2 N–H and O–H groups in total. The Morgan fingerprint density at radius 3 is 2.45 bits per heavy atom. The smallest absolute Gasteiger partial charge is 0.242 e. The largest absolute Gasteiger partial charge is 0.261 e. The van der Waals surface area contributed by atoms with E-state index in [2.05, 4.69) is 5.10 Å². The van der Waals surface area contributed by atoms with Crippen molar-refractivity contribution >= 4 is 32.6 Å². The number of rotatable bonds is 1. The lowest BCUT2D eigenvalue weighted by atomic mass is 10.7. The molecule has 0 atom stereocenters. The topological polar surface area (TPSA) is 78.0 Å². The molecule has 0 aliphatic carbocycles. The number of primary sulfonamides is 1. The minimum absolute atomic E-state index is 0.0700. The summed E-state index contributed by atoms with van der Waals surface area (Å²) in [6.45, 7) is 0. The van der Waals surface area contributed by atoms with Gasteiger partial charge in [-0.25, -0.2) is 13.6 Å². The number of nitrogens with two attached hydrogens (primary N) is 1. The molecular weight excluding hydrogens is 281 g/mol. The summed E-state index contributed by atoms with van der Waals surface area (Å²) in [6, 6.07) is 0. The van der Waals surface area contributed by atoms with Gasteiger partial charge in [-0.2, -0.15) is 5.10 Å². The van der Waals surface area contributed by atoms with Gasteiger partial charge in [-0.1, -0.05) is 0 Å². The number of nitrogens with zero attached hydrogens (tertiary/aromatic N) is 2. The van der Waals surface area contributed by atoms with Gasteiger partial charge in [0, 0.05) is 7.05 Å². The van der Waals surface area contributed by atoms with Crippen molar-refractivity contribution in [1.82, 2.24) is 9.78 Å². The average molecular weight is 287 g/mol. The van der Waals surface area contributed by atoms with Gasteiger partial charge in [0.25, 0.3) is 0 Å². The predicted molar refractivity (Wildman–Crippen MR) is 47.3 cm³/mol. The maximum atomic E-state index is 10.8. The fourth-order valence-corrected chi connectivity index (χ4v) is 2.34. The van der Waals surface area contributed by atoms with Crippen molar-refractivity contribution in [2.45, 2.75) is 4.90 Å². The van der Waals surface area contributed by atoms with Crippen molar-refractivity contribution in [3.8, 4) is 0 Å². The first-order valence-corrected chi connectivity index (χ1v) is 5.25. The van der Waals surface area contributed by atoms with Crippen LogP contribution in [0, 0.1) is 3.70 Å². The van der Waals surface area contributed by atoms with Crippen LogP contribution in [0.15, 0.2) is 11.1 Å². The van der Waals surface area contributed by atoms with Gasteiger partial charge in [-0.05, 0) is 22.6 Å². The van der Waals surface area contributed by atoms with E-state index in [1.54, 1.807) is 7.05 Å². The van der Waals surface area contributed by atoms with E-state index >= 15 is 0 Å². The van der Waals surface area contributed by atoms with Crippen molar-refractivity contribution in [1.29, 1.82) is 0 Å². The monoisotopic (exact) mass is 287 g/mol. The molecule has 62 valence electrons. The average Bonchev–Trinajstić information content (AvgIpc) is 2.11. The van der Waals surface area contributed by atoms with Crippen LogP contribution in [0.1, 0.15) is 0 Å². The molecule has 0 aromatic carbocycles. The van der Waals surface area contributed by atoms with Crippen LogP contribution in [0.25, 0.3) is 0 Å². The Morgan fingerprint density at radius 2 is 2.27 bits per heavy atom. The fourth-order valence-electron chi connectivity index (χ4n) is 0.593. The molecule has 0 aliphatic heterocycles. The molecule has 0 saturated heterocycles. The first-order valence-electron chi connectivity index (χ1n) is 2.63. The Morgan fingerprint density at radius 1 is 1.73 bits per heavy atom. The van der Waals surface area contributed by atoms with Crippen molar-refractivity contribution in [3.05, 3.63) is 9.90 Å². The second kappa shape index (κ2) is 2.72. The zero-order valence-corrected chi connectivity index (χ0v) is 8.63. The molecule has 0 unspecified atom stereocenters. The summed E-state index contributed by atoms with van der Waals surface area (Å²) in [5.41, 5.74) is 0. The number of halogens is 1. The molecule has 5 nitrogen and oxygen atoms in total. The van der Waals surface area contributed by atoms with Gasteiger partial charge in [-0.15, -0.1) is 0 Å². The molecule has 0 spiro atoms. The maximum Gasteiger partial charge on any atom is 0.242 e. The molecule has 1 rings (SSSR count). The van der Waals surface area contributed by atoms with E-state index in [4.69, 9.17) is 5.14 Å². The van der Waals surface area contributed by atoms with Crippen LogP contribution < -0.4 is 5.14 Å². The second-order valence-electron chi connectivity index (χ2n) is 1.97. The van der Waals surface area contributed by atoms with Gasteiger partial charge >= 0.3 is 0 Å². The van der Waals surface area contributed by atoms with Crippen molar-refractivity contribution in [2.75, 3.05) is 0 Å². The minimum atomic E-state index is -3.60. The summed E-state index contributed by atoms with van der Waals surface area (Å²) in [4.78, 5) is 0.0700. The third-order valence-electron chi connectivity index (χ3n) is 1.14. The Kier molecular flexibility index (Phi) is 2.21. The lowest BCUT2D eigenvalue weighted by Crippen LogP contribution is -2.13. The van der Waals surface area contributed by atoms with E-state index in [0.29, 0.717) is 3.70 Å². The van der Waals surface area contributed by atoms with Gasteiger partial charge in [0.05, 0.1) is 6.20 Å². The fraction of sp³-hybridized carbons (Fsp3) is 0.250. The van der Waals surface area contributed by atoms with Crippen LogP contribution in [0.4, 0.5) is 0 Å². The maximum absolute atomic E-state index is 10.8. The summed E-state index contributed by atoms with van der Waals surface area (Å²) in [6.07, 6.45) is 1.23. The molecule has 11 heavy (non-hydrogen) atoms. The second-order valence-corrected chi connectivity index (χ2v) is 4.52. The number of aromatic nitrogens is 2. The first-order chi connectivity index (χ1) is 4.93. The Balaban J connectivity index is 3.38. The number of hydrogen-bond acceptors (Lipinski definition) is 3. The zero-order chi connectivity index (χ0) is 8.65. The van der Waals surface area contributed by atoms with Crippen LogP contribution in [0.2, 0.25) is 0 Å². The van der Waals surface area contributed by atoms with Gasteiger partial charge < -0.3 is 0 Å². The minimum Gasteiger partial charge on any atom is -0.261 e. The zero-order valence-electron chi connectivity index (χ0n) is 5.65. The summed E-state index contributed by atoms with van der Waals surface area (Å²) < 4.78 is 23.5. The standard InChI is InChI=1S/C4H6IN3O2S/c1-8-4(5)3(2-7-8)11(6,9)10/h2H,1H3,(H2,6,9,10). The third kappa shape index (κ3) is 1.71. The lowest BCUT2D eigenvalue weighted by Gasteiger charge is -1.93. The molecule has 1 heterocycles. The van der Waals surface area contributed by atoms with E-state index < -0.39 is 10.0 Å². The number of sulfonamides is 1. The summed E-state index contributed by atoms with van der Waals surface area (Å²) in [7, 11) is -1.95. The van der Waals surface area contributed by atoms with Crippen LogP contribution in [-0.2, 0) is 17.1 Å². The molecule has 0 aliphatic rings. The SMILES string of the molecule is Cn1ncc(S(N)(=O)=O)c1I. The molecule has 0 radical (unpaired) electrons. The van der Waals surface area contributed by atoms with Crippen LogP contribution in [-0.4, -0.2) is 18.2 Å². The highest BCUT2D eigenvalue weighted by Gasteiger charge is 2.15. The molecule has 0 amide bonds. The van der Waals surface area contributed by atoms with Gasteiger partial charge in [0.2, 0.25) is 10.0 Å². The molecule has 1 aromatic heterocycles. The highest BCUT2D eigenvalue weighted by Crippen LogP contribution is 2.13. The first kappa shape index (κ1) is 8.94. The van der Waals surface area contributed by atoms with Crippen molar-refractivity contribution in [2.24, 2.45) is 12.2 Å². The van der Waals surface area contributed by atoms with E-state index in [-0.39, 0.29) is 4.90 Å². The molecule has 0 saturated carbocycles. The molecule has 1 aromatic rings. The lowest BCUT2D eigenvalue weighted by molar-refractivity contribution is 0.597. The molecular formula is C4H6IN3O2S. The Hall–Kier alpha value is -0.150. The molecule has 0 bridgehead atoms. The normalized spacial score (nSPS) is 11.9. The van der Waals surface area contributed by atoms with E-state index in [9.17, 15) is 8.42 Å². The van der Waals surface area contributed by atoms with Gasteiger partial charge in [0.15, 0.2) is 0 Å². The van der Waals surface area contributed by atoms with Crippen LogP contribution in [0.3, 0.4) is 0 Å². The van der Waals surface area contributed by atoms with E-state index in [1.165, 1.54) is 10.9 Å². The Bertz CT molecular complexity index is 369. The van der Waals surface area contributed by atoms with Crippen molar-refractivity contribution in [3.63, 3.8) is 0 Å². The van der Waals surface area contributed by atoms with E-state index in [1.807, 2.05) is 22.6 Å². The predicted octanol–water partition coefficient (Wildman–Crippen LogP) is -0.328. The number of hydrogen-bond donors (Lipinski definition) is 1. The highest BCUT2D eigenvalue weighted by molar-refractivity contribution is 14.1. The summed E-state index contributed by atoms with van der Waals surface area (Å²) in [5.74, 6) is 0. The third-order valence-corrected chi connectivity index (χ3v) is 3.70. The summed E-state index contributed by atoms with van der Waals surface area (Å²) >= 11 is 1.87. The highest BCUT2D eigenvalue weighted by atomic mass is 127. The van der Waals surface area contributed by atoms with Crippen LogP contribution >= 0.6 is 22.6 Å². The van der Waals surface area contributed by atoms with Gasteiger partial charge in [0.1, 0.15) is 8.60 Å². The molecule has 0 fully saturated rings. The van der Waals surface area contributed by atoms with E-state index in [0.717, 1.165) is 0 Å².